The smallest absolute Gasteiger partial charge is 0.0192 e. The molecule has 1 N–H and O–H groups in total. The normalized spacial score (nSPS) is 15.8. The number of likely N-dealkylation sites (N-methyl/N-ethyl adjacent to an activating group) is 1. The lowest BCUT2D eigenvalue weighted by Crippen LogP contribution is -2.43. The van der Waals surface area contributed by atoms with Crippen LogP contribution in [0.1, 0.15) is 48.0 Å². The second-order valence-electron chi connectivity index (χ2n) is 5.50. The van der Waals surface area contributed by atoms with Gasteiger partial charge in [0.2, 0.25) is 0 Å². The molecule has 2 atom stereocenters. The van der Waals surface area contributed by atoms with E-state index in [0.29, 0.717) is 6.04 Å². The lowest BCUT2D eigenvalue weighted by molar-refractivity contribution is 0.184. The highest BCUT2D eigenvalue weighted by molar-refractivity contribution is 4.70. The topological polar surface area (TPSA) is 15.3 Å². The fraction of sp³-hybridized carbons (Fsp3) is 1.00. The van der Waals surface area contributed by atoms with Gasteiger partial charge in [0.25, 0.3) is 0 Å². The van der Waals surface area contributed by atoms with E-state index in [1.165, 1.54) is 13.0 Å². The zero-order valence-electron chi connectivity index (χ0n) is 12.2. The molecule has 2 unspecified atom stereocenters. The summed E-state index contributed by atoms with van der Waals surface area (Å²) < 4.78 is 0. The molecule has 0 aromatic carbocycles. The van der Waals surface area contributed by atoms with Crippen molar-refractivity contribution >= 4 is 0 Å². The maximum absolute atomic E-state index is 3.55. The predicted molar refractivity (Wildman–Crippen MR) is 73.9 cm³/mol. The molecular formula is C14H32N2. The zero-order chi connectivity index (χ0) is 12.6. The van der Waals surface area contributed by atoms with E-state index in [9.17, 15) is 0 Å². The molecular weight excluding hydrogens is 196 g/mol. The summed E-state index contributed by atoms with van der Waals surface area (Å²) in [6.45, 7) is 18.4. The van der Waals surface area contributed by atoms with Crippen molar-refractivity contribution in [2.24, 2.45) is 11.8 Å². The maximum Gasteiger partial charge on any atom is 0.0192 e. The molecule has 0 rings (SSSR count). The number of hydrogen-bond acceptors (Lipinski definition) is 2. The summed E-state index contributed by atoms with van der Waals surface area (Å²) in [4.78, 5) is 2.58. The molecule has 2 nitrogen and oxygen atoms in total. The number of nitrogens with zero attached hydrogens (tertiary/aromatic N) is 1. The first-order valence-corrected chi connectivity index (χ1v) is 6.95. The third kappa shape index (κ3) is 7.24. The summed E-state index contributed by atoms with van der Waals surface area (Å²) in [6.07, 6.45) is 1.28. The Balaban J connectivity index is 3.86. The molecule has 0 heterocycles. The molecule has 0 aliphatic carbocycles. The second kappa shape index (κ2) is 9.00. The van der Waals surface area contributed by atoms with Crippen molar-refractivity contribution in [2.45, 2.75) is 54.0 Å². The van der Waals surface area contributed by atoms with Crippen LogP contribution in [0.15, 0.2) is 0 Å². The average Bonchev–Trinajstić information content (AvgIpc) is 2.24. The van der Waals surface area contributed by atoms with Gasteiger partial charge in [0.05, 0.1) is 0 Å². The largest absolute Gasteiger partial charge is 0.315 e. The van der Waals surface area contributed by atoms with Gasteiger partial charge in [0.15, 0.2) is 0 Å². The average molecular weight is 228 g/mol. The van der Waals surface area contributed by atoms with E-state index in [1.54, 1.807) is 0 Å². The summed E-state index contributed by atoms with van der Waals surface area (Å²) >= 11 is 0. The Morgan fingerprint density at radius 3 is 2.06 bits per heavy atom. The lowest BCUT2D eigenvalue weighted by atomic mass is 10.1. The van der Waals surface area contributed by atoms with Crippen LogP contribution in [0.4, 0.5) is 0 Å². The summed E-state index contributed by atoms with van der Waals surface area (Å²) in [5, 5.41) is 3.55. The van der Waals surface area contributed by atoms with Gasteiger partial charge in [0.1, 0.15) is 0 Å². The van der Waals surface area contributed by atoms with Crippen LogP contribution < -0.4 is 5.32 Å². The Morgan fingerprint density at radius 2 is 1.62 bits per heavy atom. The van der Waals surface area contributed by atoms with Gasteiger partial charge in [-0.05, 0) is 31.8 Å². The third-order valence-electron chi connectivity index (χ3n) is 3.26. The Kier molecular flexibility index (Phi) is 8.96. The quantitative estimate of drug-likeness (QED) is 0.652. The molecule has 0 aliphatic rings. The molecule has 0 saturated carbocycles. The van der Waals surface area contributed by atoms with Crippen molar-refractivity contribution in [2.75, 3.05) is 26.2 Å². The Morgan fingerprint density at radius 1 is 1.00 bits per heavy atom. The van der Waals surface area contributed by atoms with Gasteiger partial charge in [-0.2, -0.15) is 0 Å². The summed E-state index contributed by atoms with van der Waals surface area (Å²) in [5.74, 6) is 1.56. The lowest BCUT2D eigenvalue weighted by Gasteiger charge is -2.30. The highest BCUT2D eigenvalue weighted by Gasteiger charge is 2.13. The first-order valence-electron chi connectivity index (χ1n) is 6.95. The zero-order valence-corrected chi connectivity index (χ0v) is 12.2. The highest BCUT2D eigenvalue weighted by Crippen LogP contribution is 2.07. The molecule has 98 valence electrons. The van der Waals surface area contributed by atoms with Crippen LogP contribution in [0, 0.1) is 11.8 Å². The van der Waals surface area contributed by atoms with Gasteiger partial charge >= 0.3 is 0 Å². The van der Waals surface area contributed by atoms with Crippen LogP contribution in [-0.4, -0.2) is 37.1 Å². The van der Waals surface area contributed by atoms with E-state index in [0.717, 1.165) is 31.5 Å². The van der Waals surface area contributed by atoms with Crippen molar-refractivity contribution < 1.29 is 0 Å². The monoisotopic (exact) mass is 228 g/mol. The van der Waals surface area contributed by atoms with E-state index in [2.05, 4.69) is 51.8 Å². The van der Waals surface area contributed by atoms with E-state index >= 15 is 0 Å². The van der Waals surface area contributed by atoms with Crippen molar-refractivity contribution in [3.05, 3.63) is 0 Å². The molecule has 0 bridgehead atoms. The summed E-state index contributed by atoms with van der Waals surface area (Å²) in [7, 11) is 0. The molecule has 0 spiro atoms. The van der Waals surface area contributed by atoms with Crippen LogP contribution in [0.2, 0.25) is 0 Å². The molecule has 0 aliphatic heterocycles. The van der Waals surface area contributed by atoms with Crippen molar-refractivity contribution in [1.29, 1.82) is 0 Å². The van der Waals surface area contributed by atoms with Crippen LogP contribution in [0.3, 0.4) is 0 Å². The van der Waals surface area contributed by atoms with Gasteiger partial charge in [-0.3, -0.25) is 4.90 Å². The molecule has 0 aromatic heterocycles. The van der Waals surface area contributed by atoms with Crippen molar-refractivity contribution in [3.8, 4) is 0 Å². The van der Waals surface area contributed by atoms with Crippen molar-refractivity contribution in [3.63, 3.8) is 0 Å². The van der Waals surface area contributed by atoms with Crippen LogP contribution >= 0.6 is 0 Å². The van der Waals surface area contributed by atoms with E-state index in [4.69, 9.17) is 0 Å². The van der Waals surface area contributed by atoms with Crippen molar-refractivity contribution in [1.82, 2.24) is 10.2 Å². The fourth-order valence-electron chi connectivity index (χ4n) is 1.86. The SMILES string of the molecule is CCC(C)CN(CC)C(C)CNCC(C)C. The summed E-state index contributed by atoms with van der Waals surface area (Å²) in [5.41, 5.74) is 0. The first kappa shape index (κ1) is 15.9. The predicted octanol–water partition coefficient (Wildman–Crippen LogP) is 2.99. The molecule has 0 aromatic rings. The number of nitrogens with one attached hydrogen (secondary N) is 1. The Labute approximate surface area is 103 Å². The van der Waals surface area contributed by atoms with Gasteiger partial charge in [-0.25, -0.2) is 0 Å². The fourth-order valence-corrected chi connectivity index (χ4v) is 1.86. The Hall–Kier alpha value is -0.0800. The van der Waals surface area contributed by atoms with Gasteiger partial charge in [-0.1, -0.05) is 41.0 Å². The van der Waals surface area contributed by atoms with Crippen LogP contribution in [0.5, 0.6) is 0 Å². The molecule has 0 saturated heterocycles. The third-order valence-corrected chi connectivity index (χ3v) is 3.26. The summed E-state index contributed by atoms with van der Waals surface area (Å²) in [6, 6.07) is 0.651. The minimum Gasteiger partial charge on any atom is -0.315 e. The highest BCUT2D eigenvalue weighted by atomic mass is 15.2. The number of hydrogen-bond donors (Lipinski definition) is 1. The van der Waals surface area contributed by atoms with Gasteiger partial charge < -0.3 is 5.32 Å². The van der Waals surface area contributed by atoms with E-state index < -0.39 is 0 Å². The number of rotatable bonds is 9. The second-order valence-corrected chi connectivity index (χ2v) is 5.50. The van der Waals surface area contributed by atoms with Crippen LogP contribution in [0.25, 0.3) is 0 Å². The Bertz CT molecular complexity index is 157. The molecule has 0 amide bonds. The minimum atomic E-state index is 0.651. The van der Waals surface area contributed by atoms with E-state index in [1.807, 2.05) is 0 Å². The van der Waals surface area contributed by atoms with Gasteiger partial charge in [0, 0.05) is 19.1 Å². The van der Waals surface area contributed by atoms with Crippen LogP contribution in [-0.2, 0) is 0 Å². The molecule has 0 fully saturated rings. The standard InChI is InChI=1S/C14H32N2/c1-7-13(5)11-16(8-2)14(6)10-15-9-12(3)4/h12-15H,7-11H2,1-6H3. The first-order chi connectivity index (χ1) is 7.51. The molecule has 0 radical (unpaired) electrons. The minimum absolute atomic E-state index is 0.651. The molecule has 16 heavy (non-hydrogen) atoms. The maximum atomic E-state index is 3.55. The molecule has 2 heteroatoms. The van der Waals surface area contributed by atoms with Gasteiger partial charge in [-0.15, -0.1) is 0 Å². The van der Waals surface area contributed by atoms with E-state index in [-0.39, 0.29) is 0 Å².